The van der Waals surface area contributed by atoms with Crippen molar-refractivity contribution in [1.82, 2.24) is 9.47 Å². The number of rotatable bonds is 26. The molecule has 0 aliphatic carbocycles. The van der Waals surface area contributed by atoms with Crippen LogP contribution in [-0.4, -0.2) is 28.6 Å². The fraction of sp³-hybridized carbons (Fsp3) is 0.737. The summed E-state index contributed by atoms with van der Waals surface area (Å²) in [5, 5.41) is 0.932. The number of unbranched alkanes of at least 4 members (excludes halogenated alkanes) is 22. The zero-order valence-electron chi connectivity index (χ0n) is 27.6. The topological polar surface area (TPSA) is 42.3 Å². The van der Waals surface area contributed by atoms with E-state index in [4.69, 9.17) is 0 Å². The average molecular weight is 581 g/mol. The summed E-state index contributed by atoms with van der Waals surface area (Å²) < 4.78 is 1.40. The van der Waals surface area contributed by atoms with Gasteiger partial charge in [-0.2, -0.15) is 0 Å². The van der Waals surface area contributed by atoms with Crippen molar-refractivity contribution in [2.24, 2.45) is 0 Å². The Labute approximate surface area is 258 Å². The second-order valence-electron chi connectivity index (χ2n) is 12.6. The molecular formula is C38H64N2O2. The van der Waals surface area contributed by atoms with Crippen LogP contribution in [0.5, 0.6) is 0 Å². The molecule has 0 saturated heterocycles. The van der Waals surface area contributed by atoms with Crippen molar-refractivity contribution >= 4 is 16.9 Å². The van der Waals surface area contributed by atoms with Gasteiger partial charge >= 0.3 is 6.03 Å². The molecule has 4 heteroatoms. The van der Waals surface area contributed by atoms with Gasteiger partial charge in [0.05, 0.1) is 5.52 Å². The minimum absolute atomic E-state index is 0.150. The maximum atomic E-state index is 13.7. The van der Waals surface area contributed by atoms with Crippen LogP contribution in [0, 0.1) is 0 Å². The van der Waals surface area contributed by atoms with E-state index in [2.05, 4.69) is 13.8 Å². The lowest BCUT2D eigenvalue weighted by Crippen LogP contribution is -2.41. The second-order valence-corrected chi connectivity index (χ2v) is 12.6. The molecule has 2 rings (SSSR count). The fourth-order valence-corrected chi connectivity index (χ4v) is 6.12. The Morgan fingerprint density at radius 1 is 0.524 bits per heavy atom. The molecule has 238 valence electrons. The van der Waals surface area contributed by atoms with Gasteiger partial charge in [0, 0.05) is 19.2 Å². The Morgan fingerprint density at radius 2 is 0.905 bits per heavy atom. The van der Waals surface area contributed by atoms with Crippen LogP contribution in [0.1, 0.15) is 168 Å². The molecule has 1 aromatic carbocycles. The lowest BCUT2D eigenvalue weighted by molar-refractivity contribution is 0.197. The molecule has 0 radical (unpaired) electrons. The molecule has 1 heterocycles. The first kappa shape index (κ1) is 36.1. The minimum Gasteiger partial charge on any atom is -0.324 e. The third-order valence-electron chi connectivity index (χ3n) is 8.83. The molecule has 1 aromatic heterocycles. The molecule has 0 aliphatic rings. The van der Waals surface area contributed by atoms with Crippen LogP contribution < -0.4 is 5.56 Å². The van der Waals surface area contributed by atoms with Crippen LogP contribution in [0.15, 0.2) is 41.2 Å². The summed E-state index contributed by atoms with van der Waals surface area (Å²) >= 11 is 0. The number of benzene rings is 1. The number of aromatic nitrogens is 1. The Balaban J connectivity index is 1.75. The Hall–Kier alpha value is -2.10. The predicted molar refractivity (Wildman–Crippen MR) is 183 cm³/mol. The fourth-order valence-electron chi connectivity index (χ4n) is 6.12. The van der Waals surface area contributed by atoms with Gasteiger partial charge in [0.15, 0.2) is 0 Å². The molecule has 0 bridgehead atoms. The van der Waals surface area contributed by atoms with Crippen LogP contribution in [0.2, 0.25) is 0 Å². The van der Waals surface area contributed by atoms with Crippen molar-refractivity contribution in [2.45, 2.75) is 168 Å². The van der Waals surface area contributed by atoms with Gasteiger partial charge in [-0.25, -0.2) is 9.36 Å². The van der Waals surface area contributed by atoms with Crippen LogP contribution in [-0.2, 0) is 0 Å². The van der Waals surface area contributed by atoms with E-state index in [1.165, 1.54) is 139 Å². The molecule has 4 nitrogen and oxygen atoms in total. The van der Waals surface area contributed by atoms with Gasteiger partial charge < -0.3 is 4.90 Å². The number of carbonyl (C=O) groups is 1. The Morgan fingerprint density at radius 3 is 1.33 bits per heavy atom. The molecule has 0 spiro atoms. The van der Waals surface area contributed by atoms with Gasteiger partial charge in [-0.05, 0) is 30.4 Å². The van der Waals surface area contributed by atoms with Crippen molar-refractivity contribution in [3.63, 3.8) is 0 Å². The van der Waals surface area contributed by atoms with E-state index >= 15 is 0 Å². The van der Waals surface area contributed by atoms with Crippen molar-refractivity contribution in [1.29, 1.82) is 0 Å². The summed E-state index contributed by atoms with van der Waals surface area (Å²) in [4.78, 5) is 28.5. The monoisotopic (exact) mass is 580 g/mol. The number of amides is 1. The van der Waals surface area contributed by atoms with Gasteiger partial charge in [0.2, 0.25) is 0 Å². The third kappa shape index (κ3) is 15.4. The van der Waals surface area contributed by atoms with Gasteiger partial charge in [0.1, 0.15) is 0 Å². The first-order valence-electron chi connectivity index (χ1n) is 18.1. The summed E-state index contributed by atoms with van der Waals surface area (Å²) in [5.74, 6) is 0. The van der Waals surface area contributed by atoms with E-state index in [0.29, 0.717) is 5.52 Å². The van der Waals surface area contributed by atoms with E-state index in [1.807, 2.05) is 35.2 Å². The molecule has 0 atom stereocenters. The smallest absolute Gasteiger partial charge is 0.324 e. The quantitative estimate of drug-likeness (QED) is 0.104. The normalized spacial score (nSPS) is 11.4. The Kier molecular flexibility index (Phi) is 20.9. The zero-order valence-corrected chi connectivity index (χ0v) is 27.6. The maximum absolute atomic E-state index is 13.7. The highest BCUT2D eigenvalue weighted by Gasteiger charge is 2.18. The van der Waals surface area contributed by atoms with Crippen molar-refractivity contribution < 1.29 is 4.79 Å². The number of hydrogen-bond acceptors (Lipinski definition) is 2. The van der Waals surface area contributed by atoms with Crippen LogP contribution in [0.25, 0.3) is 10.9 Å². The standard InChI is InChI=1S/C38H64N2O2/c1-3-5-7-9-11-13-15-17-19-21-23-27-33-39(34-28-24-22-20-18-16-14-12-10-8-6-4-2)38(42)40-36-30-26-25-29-35(36)31-32-37(40)41/h25-26,29-32H,3-24,27-28,33-34H2,1-2H3. The third-order valence-corrected chi connectivity index (χ3v) is 8.83. The number of fused-ring (bicyclic) bond motifs is 1. The molecule has 0 aliphatic heterocycles. The molecule has 0 N–H and O–H groups in total. The lowest BCUT2D eigenvalue weighted by Gasteiger charge is -2.24. The van der Waals surface area contributed by atoms with E-state index in [-0.39, 0.29) is 11.6 Å². The second kappa shape index (κ2) is 24.4. The van der Waals surface area contributed by atoms with Crippen molar-refractivity contribution in [3.8, 4) is 0 Å². The van der Waals surface area contributed by atoms with Gasteiger partial charge in [0.25, 0.3) is 5.56 Å². The predicted octanol–water partition coefficient (Wildman–Crippen LogP) is 11.7. The van der Waals surface area contributed by atoms with E-state index < -0.39 is 0 Å². The highest BCUT2D eigenvalue weighted by molar-refractivity contribution is 5.90. The summed E-state index contributed by atoms with van der Waals surface area (Å²) in [5.41, 5.74) is 0.484. The molecule has 0 fully saturated rings. The van der Waals surface area contributed by atoms with Crippen molar-refractivity contribution in [3.05, 3.63) is 46.8 Å². The highest BCUT2D eigenvalue weighted by atomic mass is 16.2. The molecule has 42 heavy (non-hydrogen) atoms. The summed E-state index contributed by atoms with van der Waals surface area (Å²) in [6.45, 7) is 6.03. The minimum atomic E-state index is -0.229. The van der Waals surface area contributed by atoms with E-state index in [1.54, 1.807) is 0 Å². The number of hydrogen-bond donors (Lipinski definition) is 0. The first-order valence-corrected chi connectivity index (χ1v) is 18.1. The molecule has 2 aromatic rings. The van der Waals surface area contributed by atoms with E-state index in [0.717, 1.165) is 44.2 Å². The van der Waals surface area contributed by atoms with E-state index in [9.17, 15) is 9.59 Å². The van der Waals surface area contributed by atoms with Crippen LogP contribution in [0.3, 0.4) is 0 Å². The average Bonchev–Trinajstić information content (AvgIpc) is 3.00. The lowest BCUT2D eigenvalue weighted by atomic mass is 10.0. The maximum Gasteiger partial charge on any atom is 0.331 e. The Bertz CT molecular complexity index is 970. The molecule has 0 saturated carbocycles. The number of carbonyl (C=O) groups excluding carboxylic acids is 1. The van der Waals surface area contributed by atoms with Gasteiger partial charge in [-0.15, -0.1) is 0 Å². The van der Waals surface area contributed by atoms with Crippen LogP contribution in [0.4, 0.5) is 4.79 Å². The summed E-state index contributed by atoms with van der Waals surface area (Å²) in [7, 11) is 0. The van der Waals surface area contributed by atoms with Crippen molar-refractivity contribution in [2.75, 3.05) is 13.1 Å². The van der Waals surface area contributed by atoms with Crippen LogP contribution >= 0.6 is 0 Å². The molecule has 0 unspecified atom stereocenters. The molecular weight excluding hydrogens is 516 g/mol. The summed E-state index contributed by atoms with van der Waals surface area (Å²) in [6, 6.07) is 10.9. The molecule has 1 amide bonds. The summed E-state index contributed by atoms with van der Waals surface area (Å²) in [6.07, 6.45) is 31.4. The van der Waals surface area contributed by atoms with Gasteiger partial charge in [-0.1, -0.05) is 173 Å². The first-order chi connectivity index (χ1) is 20.7. The highest BCUT2D eigenvalue weighted by Crippen LogP contribution is 2.16. The van der Waals surface area contributed by atoms with Gasteiger partial charge in [-0.3, -0.25) is 4.79 Å². The zero-order chi connectivity index (χ0) is 30.1. The number of nitrogens with zero attached hydrogens (tertiary/aromatic N) is 2. The number of para-hydroxylation sites is 1. The SMILES string of the molecule is CCCCCCCCCCCCCCN(CCCCCCCCCCCCCC)C(=O)n1c(=O)ccc2ccccc21. The largest absolute Gasteiger partial charge is 0.331 e. The number of pyridine rings is 1.